The van der Waals surface area contributed by atoms with E-state index in [2.05, 4.69) is 62.5 Å². The van der Waals surface area contributed by atoms with E-state index in [1.165, 1.54) is 22.3 Å². The summed E-state index contributed by atoms with van der Waals surface area (Å²) < 4.78 is 0. The molecule has 0 saturated heterocycles. The average molecular weight is 274 g/mol. The van der Waals surface area contributed by atoms with Crippen LogP contribution in [0, 0.1) is 13.8 Å². The van der Waals surface area contributed by atoms with Crippen molar-refractivity contribution in [3.05, 3.63) is 58.1 Å². The summed E-state index contributed by atoms with van der Waals surface area (Å²) in [6.07, 6.45) is 0. The van der Waals surface area contributed by atoms with Gasteiger partial charge in [0.1, 0.15) is 0 Å². The van der Waals surface area contributed by atoms with Gasteiger partial charge in [0.25, 0.3) is 0 Å². The highest BCUT2D eigenvalue weighted by molar-refractivity contribution is 6.31. The Balaban J connectivity index is 2.48. The smallest absolute Gasteiger partial charge is 0.0459 e. The number of hydrogen-bond donors (Lipinski definition) is 1. The van der Waals surface area contributed by atoms with Crippen LogP contribution in [0.2, 0.25) is 5.02 Å². The Labute approximate surface area is 120 Å². The summed E-state index contributed by atoms with van der Waals surface area (Å²) in [5.41, 5.74) is 6.19. The highest BCUT2D eigenvalue weighted by Gasteiger charge is 2.10. The summed E-state index contributed by atoms with van der Waals surface area (Å²) in [5, 5.41) is 4.04. The van der Waals surface area contributed by atoms with Crippen LogP contribution in [0.3, 0.4) is 0 Å². The third-order valence-electron chi connectivity index (χ3n) is 3.82. The fourth-order valence-electron chi connectivity index (χ4n) is 2.27. The van der Waals surface area contributed by atoms with E-state index in [1.807, 2.05) is 7.05 Å². The van der Waals surface area contributed by atoms with Gasteiger partial charge in [0, 0.05) is 11.1 Å². The molecule has 100 valence electrons. The van der Waals surface area contributed by atoms with Crippen molar-refractivity contribution in [2.24, 2.45) is 0 Å². The summed E-state index contributed by atoms with van der Waals surface area (Å²) in [7, 11) is 1.94. The third-order valence-corrected chi connectivity index (χ3v) is 4.14. The Morgan fingerprint density at radius 1 is 1.11 bits per heavy atom. The molecule has 1 nitrogen and oxygen atoms in total. The molecule has 0 bridgehead atoms. The van der Waals surface area contributed by atoms with Crippen LogP contribution in [0.1, 0.15) is 29.7 Å². The molecule has 0 aliphatic carbocycles. The molecule has 1 atom stereocenters. The van der Waals surface area contributed by atoms with Crippen LogP contribution in [0.5, 0.6) is 0 Å². The zero-order valence-corrected chi connectivity index (χ0v) is 12.7. The molecule has 0 fully saturated rings. The molecule has 1 unspecified atom stereocenters. The Morgan fingerprint density at radius 2 is 1.84 bits per heavy atom. The molecule has 0 aliphatic rings. The van der Waals surface area contributed by atoms with Gasteiger partial charge in [-0.2, -0.15) is 0 Å². The molecule has 0 aromatic heterocycles. The summed E-state index contributed by atoms with van der Waals surface area (Å²) in [6, 6.07) is 13.0. The van der Waals surface area contributed by atoms with Crippen molar-refractivity contribution in [2.45, 2.75) is 26.8 Å². The van der Waals surface area contributed by atoms with E-state index < -0.39 is 0 Å². The lowest BCUT2D eigenvalue weighted by atomic mass is 9.95. The summed E-state index contributed by atoms with van der Waals surface area (Å²) >= 11 is 6.41. The molecular formula is C17H20ClN. The van der Waals surface area contributed by atoms with Crippen molar-refractivity contribution in [3.8, 4) is 11.1 Å². The van der Waals surface area contributed by atoms with Crippen molar-refractivity contribution in [3.63, 3.8) is 0 Å². The maximum absolute atomic E-state index is 6.41. The van der Waals surface area contributed by atoms with Gasteiger partial charge in [-0.1, -0.05) is 41.9 Å². The number of aryl methyl sites for hydroxylation is 1. The molecule has 0 amide bonds. The summed E-state index contributed by atoms with van der Waals surface area (Å²) in [6.45, 7) is 6.40. The topological polar surface area (TPSA) is 12.0 Å². The standard InChI is InChI=1S/C17H20ClN/c1-11-6-5-7-15(12(11)2)14-8-9-16(13(3)19-4)17(18)10-14/h5-10,13,19H,1-4H3. The van der Waals surface area contributed by atoms with Gasteiger partial charge in [-0.15, -0.1) is 0 Å². The Hall–Kier alpha value is -1.31. The van der Waals surface area contributed by atoms with Crippen LogP contribution in [-0.2, 0) is 0 Å². The molecule has 2 heteroatoms. The number of halogens is 1. The van der Waals surface area contributed by atoms with Crippen LogP contribution in [0.25, 0.3) is 11.1 Å². The minimum atomic E-state index is 0.264. The number of rotatable bonds is 3. The molecule has 2 aromatic rings. The molecule has 2 rings (SSSR count). The van der Waals surface area contributed by atoms with Gasteiger partial charge < -0.3 is 5.32 Å². The van der Waals surface area contributed by atoms with E-state index in [0.29, 0.717) is 0 Å². The number of hydrogen-bond acceptors (Lipinski definition) is 1. The van der Waals surface area contributed by atoms with E-state index in [-0.39, 0.29) is 6.04 Å². The molecule has 0 saturated carbocycles. The van der Waals surface area contributed by atoms with Crippen molar-refractivity contribution in [2.75, 3.05) is 7.05 Å². The van der Waals surface area contributed by atoms with E-state index >= 15 is 0 Å². The van der Waals surface area contributed by atoms with Gasteiger partial charge in [0.05, 0.1) is 0 Å². The quantitative estimate of drug-likeness (QED) is 0.838. The molecule has 1 N–H and O–H groups in total. The van der Waals surface area contributed by atoms with Crippen LogP contribution in [-0.4, -0.2) is 7.05 Å². The Kier molecular flexibility index (Phi) is 4.28. The highest BCUT2D eigenvalue weighted by atomic mass is 35.5. The fraction of sp³-hybridized carbons (Fsp3) is 0.294. The highest BCUT2D eigenvalue weighted by Crippen LogP contribution is 2.31. The first-order chi connectivity index (χ1) is 9.04. The van der Waals surface area contributed by atoms with Crippen molar-refractivity contribution >= 4 is 11.6 Å². The fourth-order valence-corrected chi connectivity index (χ4v) is 2.61. The largest absolute Gasteiger partial charge is 0.313 e. The summed E-state index contributed by atoms with van der Waals surface area (Å²) in [4.78, 5) is 0. The third kappa shape index (κ3) is 2.83. The van der Waals surface area contributed by atoms with Gasteiger partial charge in [-0.3, -0.25) is 0 Å². The molecule has 0 radical (unpaired) electrons. The first kappa shape index (κ1) is 14.1. The van der Waals surface area contributed by atoms with Crippen molar-refractivity contribution < 1.29 is 0 Å². The van der Waals surface area contributed by atoms with Crippen LogP contribution in [0.15, 0.2) is 36.4 Å². The van der Waals surface area contributed by atoms with Crippen molar-refractivity contribution in [1.29, 1.82) is 0 Å². The first-order valence-corrected chi connectivity index (χ1v) is 6.95. The Bertz CT molecular complexity index is 590. The Morgan fingerprint density at radius 3 is 2.47 bits per heavy atom. The zero-order valence-electron chi connectivity index (χ0n) is 11.9. The zero-order chi connectivity index (χ0) is 14.0. The van der Waals surface area contributed by atoms with Gasteiger partial charge in [0.2, 0.25) is 0 Å². The van der Waals surface area contributed by atoms with Crippen LogP contribution in [0.4, 0.5) is 0 Å². The second-order valence-corrected chi connectivity index (χ2v) is 5.40. The van der Waals surface area contributed by atoms with Crippen LogP contribution >= 0.6 is 11.6 Å². The maximum Gasteiger partial charge on any atom is 0.0459 e. The molecule has 0 aliphatic heterocycles. The number of nitrogens with one attached hydrogen (secondary N) is 1. The molecule has 0 spiro atoms. The summed E-state index contributed by atoms with van der Waals surface area (Å²) in [5.74, 6) is 0. The monoisotopic (exact) mass is 273 g/mol. The van der Waals surface area contributed by atoms with E-state index in [1.54, 1.807) is 0 Å². The minimum Gasteiger partial charge on any atom is -0.313 e. The second-order valence-electron chi connectivity index (χ2n) is 4.99. The van der Waals surface area contributed by atoms with Crippen LogP contribution < -0.4 is 5.32 Å². The van der Waals surface area contributed by atoms with E-state index in [9.17, 15) is 0 Å². The van der Waals surface area contributed by atoms with Crippen molar-refractivity contribution in [1.82, 2.24) is 5.32 Å². The van der Waals surface area contributed by atoms with E-state index in [4.69, 9.17) is 11.6 Å². The van der Waals surface area contributed by atoms with Gasteiger partial charge in [0.15, 0.2) is 0 Å². The van der Waals surface area contributed by atoms with Gasteiger partial charge >= 0.3 is 0 Å². The molecule has 0 heterocycles. The molecule has 19 heavy (non-hydrogen) atoms. The molecular weight excluding hydrogens is 254 g/mol. The molecule has 2 aromatic carbocycles. The lowest BCUT2D eigenvalue weighted by molar-refractivity contribution is 0.652. The lowest BCUT2D eigenvalue weighted by Gasteiger charge is -2.15. The predicted molar refractivity (Wildman–Crippen MR) is 83.8 cm³/mol. The van der Waals surface area contributed by atoms with Gasteiger partial charge in [-0.25, -0.2) is 0 Å². The van der Waals surface area contributed by atoms with E-state index in [0.717, 1.165) is 10.6 Å². The predicted octanol–water partition coefficient (Wildman–Crippen LogP) is 4.90. The average Bonchev–Trinajstić information content (AvgIpc) is 2.41. The number of benzene rings is 2. The maximum atomic E-state index is 6.41. The second kappa shape index (κ2) is 5.77. The van der Waals surface area contributed by atoms with Gasteiger partial charge in [-0.05, 0) is 61.7 Å². The first-order valence-electron chi connectivity index (χ1n) is 6.58. The SMILES string of the molecule is CNC(C)c1ccc(-c2cccc(C)c2C)cc1Cl. The normalized spacial score (nSPS) is 12.5. The lowest BCUT2D eigenvalue weighted by Crippen LogP contribution is -2.12. The minimum absolute atomic E-state index is 0.264.